The highest BCUT2D eigenvalue weighted by Crippen LogP contribution is 2.46. The smallest absolute Gasteiger partial charge is 0.411 e. The zero-order valence-corrected chi connectivity index (χ0v) is 18.0. The van der Waals surface area contributed by atoms with Crippen LogP contribution < -0.4 is 5.32 Å². The molecule has 5 nitrogen and oxygen atoms in total. The third-order valence-electron chi connectivity index (χ3n) is 6.57. The average Bonchev–Trinajstić information content (AvgIpc) is 3.06. The van der Waals surface area contributed by atoms with Crippen LogP contribution in [-0.4, -0.2) is 35.6 Å². The van der Waals surface area contributed by atoms with Gasteiger partial charge < -0.3 is 9.64 Å². The van der Waals surface area contributed by atoms with Crippen LogP contribution in [0.2, 0.25) is 5.02 Å². The van der Waals surface area contributed by atoms with Gasteiger partial charge in [-0.25, -0.2) is 9.18 Å². The van der Waals surface area contributed by atoms with Gasteiger partial charge in [0.25, 0.3) is 0 Å². The molecule has 1 aliphatic carbocycles. The maximum absolute atomic E-state index is 13.0. The third kappa shape index (κ3) is 5.01. The summed E-state index contributed by atoms with van der Waals surface area (Å²) in [6, 6.07) is 13.5. The molecule has 1 aliphatic heterocycles. The van der Waals surface area contributed by atoms with Crippen LogP contribution >= 0.6 is 11.6 Å². The Morgan fingerprint density at radius 2 is 1.77 bits per heavy atom. The van der Waals surface area contributed by atoms with E-state index >= 15 is 0 Å². The van der Waals surface area contributed by atoms with E-state index in [9.17, 15) is 14.0 Å². The molecule has 0 bridgehead atoms. The molecule has 1 spiro atoms. The van der Waals surface area contributed by atoms with Crippen molar-refractivity contribution in [3.05, 3.63) is 64.9 Å². The average molecular weight is 445 g/mol. The fourth-order valence-electron chi connectivity index (χ4n) is 4.90. The van der Waals surface area contributed by atoms with E-state index in [2.05, 4.69) is 17.4 Å². The lowest BCUT2D eigenvalue weighted by molar-refractivity contribution is -0.132. The molecule has 2 fully saturated rings. The number of carbonyl (C=O) groups is 2. The van der Waals surface area contributed by atoms with E-state index in [4.69, 9.17) is 16.3 Å². The number of hydrogen-bond acceptors (Lipinski definition) is 3. The highest BCUT2D eigenvalue weighted by Gasteiger charge is 2.46. The maximum atomic E-state index is 13.0. The number of nitrogens with one attached hydrogen (secondary N) is 1. The van der Waals surface area contributed by atoms with Crippen LogP contribution in [0.4, 0.5) is 14.9 Å². The second-order valence-corrected chi connectivity index (χ2v) is 8.80. The molecule has 2 aromatic rings. The molecule has 2 aliphatic rings. The standard InChI is InChI=1S/C24H26ClFN2O3/c25-19-3-1-17(2-4-19)18-9-12-24(13-10-18)14-11-22(29)28(24)15-16-31-23(30)27-21-7-5-20(26)6-8-21/h1-8,18H,9-16H2,(H,27,30). The molecular weight excluding hydrogens is 419 g/mol. The normalized spacial score (nSPS) is 23.2. The van der Waals surface area contributed by atoms with Gasteiger partial charge in [-0.3, -0.25) is 10.1 Å². The predicted octanol–water partition coefficient (Wildman–Crippen LogP) is 5.75. The van der Waals surface area contributed by atoms with Gasteiger partial charge in [0.1, 0.15) is 12.4 Å². The first-order valence-electron chi connectivity index (χ1n) is 10.7. The zero-order valence-electron chi connectivity index (χ0n) is 17.3. The Bertz CT molecular complexity index is 925. The Morgan fingerprint density at radius 1 is 1.10 bits per heavy atom. The van der Waals surface area contributed by atoms with Gasteiger partial charge in [0.2, 0.25) is 5.91 Å². The number of likely N-dealkylation sites (tertiary alicyclic amines) is 1. The van der Waals surface area contributed by atoms with Gasteiger partial charge in [-0.15, -0.1) is 0 Å². The highest BCUT2D eigenvalue weighted by molar-refractivity contribution is 6.30. The van der Waals surface area contributed by atoms with Crippen molar-refractivity contribution in [3.8, 4) is 0 Å². The monoisotopic (exact) mass is 444 g/mol. The van der Waals surface area contributed by atoms with E-state index in [1.807, 2.05) is 17.0 Å². The van der Waals surface area contributed by atoms with Gasteiger partial charge in [0, 0.05) is 22.7 Å². The number of anilines is 1. The Morgan fingerprint density at radius 3 is 2.45 bits per heavy atom. The SMILES string of the molecule is O=C(Nc1ccc(F)cc1)OCCN1C(=O)CCC12CCC(c1ccc(Cl)cc1)CC2. The molecule has 1 heterocycles. The van der Waals surface area contributed by atoms with E-state index < -0.39 is 6.09 Å². The number of amides is 2. The van der Waals surface area contributed by atoms with Crippen LogP contribution in [0.5, 0.6) is 0 Å². The molecule has 1 saturated heterocycles. The molecule has 0 aromatic heterocycles. The van der Waals surface area contributed by atoms with Gasteiger partial charge in [-0.2, -0.15) is 0 Å². The van der Waals surface area contributed by atoms with Crippen LogP contribution in [-0.2, 0) is 9.53 Å². The van der Waals surface area contributed by atoms with Gasteiger partial charge >= 0.3 is 6.09 Å². The summed E-state index contributed by atoms with van der Waals surface area (Å²) in [5.41, 5.74) is 1.63. The number of carbonyl (C=O) groups excluding carboxylic acids is 2. The first kappa shape index (κ1) is 21.6. The Hall–Kier alpha value is -2.60. The van der Waals surface area contributed by atoms with Crippen molar-refractivity contribution in [2.24, 2.45) is 0 Å². The lowest BCUT2D eigenvalue weighted by Gasteiger charge is -2.44. The van der Waals surface area contributed by atoms with Crippen LogP contribution in [0, 0.1) is 5.82 Å². The Balaban J connectivity index is 1.29. The van der Waals surface area contributed by atoms with Crippen molar-refractivity contribution in [2.45, 2.75) is 50.0 Å². The van der Waals surface area contributed by atoms with Crippen molar-refractivity contribution in [3.63, 3.8) is 0 Å². The molecule has 0 unspecified atom stereocenters. The quantitative estimate of drug-likeness (QED) is 0.639. The number of halogens is 2. The zero-order chi connectivity index (χ0) is 21.8. The number of rotatable bonds is 5. The second-order valence-electron chi connectivity index (χ2n) is 8.36. The lowest BCUT2D eigenvalue weighted by atomic mass is 9.73. The van der Waals surface area contributed by atoms with Crippen LogP contribution in [0.15, 0.2) is 48.5 Å². The molecule has 7 heteroatoms. The molecule has 31 heavy (non-hydrogen) atoms. The molecule has 0 atom stereocenters. The van der Waals surface area contributed by atoms with Crippen molar-refractivity contribution < 1.29 is 18.7 Å². The summed E-state index contributed by atoms with van der Waals surface area (Å²) in [5, 5.41) is 3.31. The number of ether oxygens (including phenoxy) is 1. The molecule has 2 amide bonds. The van der Waals surface area contributed by atoms with Gasteiger partial charge in [0.15, 0.2) is 0 Å². The van der Waals surface area contributed by atoms with Crippen LogP contribution in [0.25, 0.3) is 0 Å². The van der Waals surface area contributed by atoms with Crippen molar-refractivity contribution >= 4 is 29.3 Å². The van der Waals surface area contributed by atoms with Gasteiger partial charge in [-0.1, -0.05) is 23.7 Å². The van der Waals surface area contributed by atoms with E-state index in [1.54, 1.807) is 0 Å². The molecular formula is C24H26ClFN2O3. The molecule has 4 rings (SSSR count). The minimum atomic E-state index is -0.612. The molecule has 1 N–H and O–H groups in total. The first-order valence-corrected chi connectivity index (χ1v) is 11.1. The fourth-order valence-corrected chi connectivity index (χ4v) is 5.02. The third-order valence-corrected chi connectivity index (χ3v) is 6.83. The Kier molecular flexibility index (Phi) is 6.46. The summed E-state index contributed by atoms with van der Waals surface area (Å²) >= 11 is 6.01. The summed E-state index contributed by atoms with van der Waals surface area (Å²) < 4.78 is 18.2. The molecule has 2 aromatic carbocycles. The fraction of sp³-hybridized carbons (Fsp3) is 0.417. The predicted molar refractivity (Wildman–Crippen MR) is 118 cm³/mol. The summed E-state index contributed by atoms with van der Waals surface area (Å²) in [6.45, 7) is 0.516. The molecule has 0 radical (unpaired) electrons. The minimum absolute atomic E-state index is 0.126. The van der Waals surface area contributed by atoms with E-state index in [0.717, 1.165) is 37.1 Å². The van der Waals surface area contributed by atoms with Gasteiger partial charge in [-0.05, 0) is 80.0 Å². The summed E-state index contributed by atoms with van der Waals surface area (Å²) in [7, 11) is 0. The summed E-state index contributed by atoms with van der Waals surface area (Å²) in [5.74, 6) is 0.244. The van der Waals surface area contributed by atoms with Gasteiger partial charge in [0.05, 0.1) is 6.54 Å². The van der Waals surface area contributed by atoms with Crippen LogP contribution in [0.3, 0.4) is 0 Å². The number of benzene rings is 2. The maximum Gasteiger partial charge on any atom is 0.411 e. The van der Waals surface area contributed by atoms with E-state index in [0.29, 0.717) is 24.6 Å². The van der Waals surface area contributed by atoms with E-state index in [1.165, 1.54) is 29.8 Å². The lowest BCUT2D eigenvalue weighted by Crippen LogP contribution is -2.49. The number of nitrogens with zero attached hydrogens (tertiary/aromatic N) is 1. The van der Waals surface area contributed by atoms with Crippen molar-refractivity contribution in [1.29, 1.82) is 0 Å². The first-order chi connectivity index (χ1) is 14.9. The minimum Gasteiger partial charge on any atom is -0.447 e. The second kappa shape index (κ2) is 9.27. The Labute approximate surface area is 186 Å². The van der Waals surface area contributed by atoms with E-state index in [-0.39, 0.29) is 23.9 Å². The van der Waals surface area contributed by atoms with Crippen LogP contribution in [0.1, 0.15) is 50.0 Å². The summed E-state index contributed by atoms with van der Waals surface area (Å²) in [4.78, 5) is 26.5. The summed E-state index contributed by atoms with van der Waals surface area (Å²) in [6.07, 6.45) is 4.75. The number of hydrogen-bond donors (Lipinski definition) is 1. The highest BCUT2D eigenvalue weighted by atomic mass is 35.5. The largest absolute Gasteiger partial charge is 0.447 e. The topological polar surface area (TPSA) is 58.6 Å². The molecule has 164 valence electrons. The van der Waals surface area contributed by atoms with Crippen molar-refractivity contribution in [1.82, 2.24) is 4.90 Å². The van der Waals surface area contributed by atoms with Crippen molar-refractivity contribution in [2.75, 3.05) is 18.5 Å². The molecule has 1 saturated carbocycles.